The summed E-state index contributed by atoms with van der Waals surface area (Å²) in [5.74, 6) is 0.341. The highest BCUT2D eigenvalue weighted by Crippen LogP contribution is 1.74. The molecule has 0 aromatic heterocycles. The van der Waals surface area contributed by atoms with Crippen molar-refractivity contribution in [3.05, 3.63) is 11.0 Å². The van der Waals surface area contributed by atoms with Crippen LogP contribution in [0.25, 0.3) is 5.41 Å². The lowest BCUT2D eigenvalue weighted by atomic mass is 10.3. The molecule has 0 unspecified atom stereocenters. The molecule has 0 aliphatic heterocycles. The van der Waals surface area contributed by atoms with Gasteiger partial charge in [-0.3, -0.25) is 15.5 Å². The lowest BCUT2D eigenvalue weighted by molar-refractivity contribution is -0.116. The molecule has 0 heterocycles. The summed E-state index contributed by atoms with van der Waals surface area (Å²) in [5.41, 5.74) is 3.98. The minimum absolute atomic E-state index is 0.127. The van der Waals surface area contributed by atoms with Crippen molar-refractivity contribution >= 4 is 18.1 Å². The Labute approximate surface area is 45.5 Å². The molecule has 1 amide bonds. The van der Waals surface area contributed by atoms with Crippen molar-refractivity contribution in [2.24, 2.45) is 5.73 Å². The van der Waals surface area contributed by atoms with Gasteiger partial charge in [0.25, 0.3) is 5.91 Å². The molecular weight excluding hydrogens is 108 g/mol. The van der Waals surface area contributed by atoms with Gasteiger partial charge in [0.2, 0.25) is 0 Å². The molecular formula is C4H3N2O2-. The van der Waals surface area contributed by atoms with Crippen molar-refractivity contribution in [1.29, 1.82) is 0 Å². The maximum atomic E-state index is 9.89. The van der Waals surface area contributed by atoms with Gasteiger partial charge < -0.3 is 11.1 Å². The summed E-state index contributed by atoms with van der Waals surface area (Å²) < 4.78 is 0. The zero-order valence-corrected chi connectivity index (χ0v) is 3.92. The van der Waals surface area contributed by atoms with Gasteiger partial charge in [-0.15, -0.1) is 0 Å². The maximum Gasteiger partial charge on any atom is 0.258 e. The van der Waals surface area contributed by atoms with Crippen LogP contribution >= 0.6 is 0 Å². The van der Waals surface area contributed by atoms with E-state index < -0.39 is 11.5 Å². The SMILES string of the molecule is [N-]=C=C(C=O)C(N)=O. The molecule has 0 bridgehead atoms. The van der Waals surface area contributed by atoms with Crippen molar-refractivity contribution in [2.45, 2.75) is 0 Å². The molecule has 0 atom stereocenters. The van der Waals surface area contributed by atoms with Gasteiger partial charge in [-0.05, 0) is 0 Å². The van der Waals surface area contributed by atoms with Crippen LogP contribution in [-0.4, -0.2) is 18.1 Å². The summed E-state index contributed by atoms with van der Waals surface area (Å²) in [5, 5.41) is 7.88. The number of carbonyl (C=O) groups is 2. The third kappa shape index (κ3) is 1.36. The summed E-state index contributed by atoms with van der Waals surface area (Å²) in [6.07, 6.45) is 0.127. The third-order valence-electron chi connectivity index (χ3n) is 0.504. The van der Waals surface area contributed by atoms with E-state index in [-0.39, 0.29) is 6.29 Å². The van der Waals surface area contributed by atoms with E-state index in [1.807, 2.05) is 0 Å². The van der Waals surface area contributed by atoms with Crippen molar-refractivity contribution in [1.82, 2.24) is 0 Å². The van der Waals surface area contributed by atoms with E-state index in [2.05, 4.69) is 5.73 Å². The average Bonchev–Trinajstić information content (AvgIpc) is 1.69. The number of nitrogens with zero attached hydrogens (tertiary/aromatic N) is 1. The molecule has 2 N–H and O–H groups in total. The lowest BCUT2D eigenvalue weighted by Crippen LogP contribution is -2.14. The van der Waals surface area contributed by atoms with Gasteiger partial charge in [0.1, 0.15) is 0 Å². The Morgan fingerprint density at radius 3 is 2.25 bits per heavy atom. The second-order valence-electron chi connectivity index (χ2n) is 1.01. The monoisotopic (exact) mass is 111 g/mol. The number of rotatable bonds is 2. The Morgan fingerprint density at radius 1 is 1.75 bits per heavy atom. The van der Waals surface area contributed by atoms with E-state index in [1.54, 1.807) is 0 Å². The Kier molecular flexibility index (Phi) is 2.23. The maximum absolute atomic E-state index is 9.89. The first-order chi connectivity index (χ1) is 3.72. The highest BCUT2D eigenvalue weighted by atomic mass is 16.2. The number of hydrogen-bond acceptors (Lipinski definition) is 2. The first-order valence-electron chi connectivity index (χ1n) is 1.74. The molecule has 0 aromatic rings. The minimum Gasteiger partial charge on any atom is -0.763 e. The predicted octanol–water partition coefficient (Wildman–Crippen LogP) is -1.16. The van der Waals surface area contributed by atoms with Crippen LogP contribution in [0.3, 0.4) is 0 Å². The topological polar surface area (TPSA) is 82.5 Å². The van der Waals surface area contributed by atoms with Crippen molar-refractivity contribution in [3.8, 4) is 0 Å². The smallest absolute Gasteiger partial charge is 0.258 e. The second-order valence-corrected chi connectivity index (χ2v) is 1.01. The van der Waals surface area contributed by atoms with E-state index in [0.717, 1.165) is 0 Å². The van der Waals surface area contributed by atoms with Gasteiger partial charge in [0, 0.05) is 0 Å². The molecule has 0 aromatic carbocycles. The first-order valence-corrected chi connectivity index (χ1v) is 1.74. The molecule has 0 aliphatic rings. The molecule has 0 spiro atoms. The fourth-order valence-electron chi connectivity index (χ4n) is 0.140. The van der Waals surface area contributed by atoms with Gasteiger partial charge >= 0.3 is 0 Å². The van der Waals surface area contributed by atoms with Gasteiger partial charge in [-0.25, -0.2) is 0 Å². The molecule has 0 aliphatic carbocycles. The van der Waals surface area contributed by atoms with E-state index in [1.165, 1.54) is 5.87 Å². The number of carbonyl (C=O) groups excluding carboxylic acids is 2. The van der Waals surface area contributed by atoms with Gasteiger partial charge in [0.15, 0.2) is 6.29 Å². The van der Waals surface area contributed by atoms with E-state index in [4.69, 9.17) is 5.41 Å². The quantitative estimate of drug-likeness (QED) is 0.160. The average molecular weight is 111 g/mol. The molecule has 0 saturated carbocycles. The van der Waals surface area contributed by atoms with Crippen LogP contribution < -0.4 is 5.73 Å². The van der Waals surface area contributed by atoms with E-state index in [9.17, 15) is 9.59 Å². The number of nitrogens with two attached hydrogens (primary N) is 1. The number of primary amides is 1. The Balaban J connectivity index is 4.37. The highest BCUT2D eigenvalue weighted by Gasteiger charge is 1.95. The molecule has 4 nitrogen and oxygen atoms in total. The van der Waals surface area contributed by atoms with Crippen LogP contribution in [-0.2, 0) is 9.59 Å². The van der Waals surface area contributed by atoms with Gasteiger partial charge in [-0.1, -0.05) is 0 Å². The fourth-order valence-corrected chi connectivity index (χ4v) is 0.140. The molecule has 8 heavy (non-hydrogen) atoms. The third-order valence-corrected chi connectivity index (χ3v) is 0.504. The molecule has 0 rings (SSSR count). The molecule has 0 saturated heterocycles. The van der Waals surface area contributed by atoms with Gasteiger partial charge in [-0.2, -0.15) is 0 Å². The Bertz CT molecular complexity index is 167. The Hall–Kier alpha value is -1.41. The highest BCUT2D eigenvalue weighted by molar-refractivity contribution is 6.17. The molecule has 0 radical (unpaired) electrons. The fraction of sp³-hybridized carbons (Fsp3) is 0. The van der Waals surface area contributed by atoms with E-state index >= 15 is 0 Å². The van der Waals surface area contributed by atoms with Crippen molar-refractivity contribution < 1.29 is 9.59 Å². The van der Waals surface area contributed by atoms with E-state index in [0.29, 0.717) is 0 Å². The molecule has 42 valence electrons. The van der Waals surface area contributed by atoms with Crippen molar-refractivity contribution in [3.63, 3.8) is 0 Å². The number of aldehydes is 1. The second kappa shape index (κ2) is 2.71. The minimum atomic E-state index is -0.984. The summed E-state index contributed by atoms with van der Waals surface area (Å²) in [4.78, 5) is 19.5. The Morgan fingerprint density at radius 2 is 2.25 bits per heavy atom. The van der Waals surface area contributed by atoms with Crippen LogP contribution in [0.1, 0.15) is 0 Å². The predicted molar refractivity (Wildman–Crippen MR) is 27.1 cm³/mol. The largest absolute Gasteiger partial charge is 0.763 e. The van der Waals surface area contributed by atoms with Crippen LogP contribution in [0.15, 0.2) is 5.57 Å². The zero-order valence-electron chi connectivity index (χ0n) is 3.92. The van der Waals surface area contributed by atoms with Crippen LogP contribution in [0.4, 0.5) is 0 Å². The zero-order chi connectivity index (χ0) is 6.57. The molecule has 4 heteroatoms. The van der Waals surface area contributed by atoms with Crippen LogP contribution in [0.2, 0.25) is 0 Å². The number of hydrogen-bond donors (Lipinski definition) is 1. The van der Waals surface area contributed by atoms with Crippen molar-refractivity contribution in [2.75, 3.05) is 0 Å². The van der Waals surface area contributed by atoms with Crippen LogP contribution in [0.5, 0.6) is 0 Å². The lowest BCUT2D eigenvalue weighted by Gasteiger charge is -1.84. The normalized spacial score (nSPS) is 7.00. The first kappa shape index (κ1) is 6.59. The molecule has 0 fully saturated rings. The van der Waals surface area contributed by atoms with Gasteiger partial charge in [0.05, 0.1) is 5.57 Å². The summed E-state index contributed by atoms with van der Waals surface area (Å²) in [6.45, 7) is 0. The summed E-state index contributed by atoms with van der Waals surface area (Å²) >= 11 is 0. The standard InChI is InChI=1S/C4H3N2O2/c5-1-3(2-7)4(6)8/h2H,(H2,6,8)/q-1. The number of amides is 1. The summed E-state index contributed by atoms with van der Waals surface area (Å²) in [6, 6.07) is 0. The van der Waals surface area contributed by atoms with Crippen LogP contribution in [0, 0.1) is 0 Å². The summed E-state index contributed by atoms with van der Waals surface area (Å²) in [7, 11) is 0.